The van der Waals surface area contributed by atoms with Gasteiger partial charge in [0.15, 0.2) is 11.5 Å². The fourth-order valence-electron chi connectivity index (χ4n) is 2.58. The van der Waals surface area contributed by atoms with Crippen LogP contribution >= 0.6 is 0 Å². The number of hydrogen-bond donors (Lipinski definition) is 2. The minimum atomic E-state index is -0.538. The number of amides is 1. The molecule has 2 N–H and O–H groups in total. The fraction of sp³-hybridized carbons (Fsp3) is 0.0870. The fourth-order valence-corrected chi connectivity index (χ4v) is 2.58. The zero-order chi connectivity index (χ0) is 22.2. The van der Waals surface area contributed by atoms with Crippen molar-refractivity contribution in [2.75, 3.05) is 14.2 Å². The summed E-state index contributed by atoms with van der Waals surface area (Å²) in [5, 5.41) is 13.2. The number of hydrazone groups is 1. The van der Waals surface area contributed by atoms with E-state index in [9.17, 15) is 14.7 Å². The Kier molecular flexibility index (Phi) is 6.85. The lowest BCUT2D eigenvalue weighted by Gasteiger charge is -2.10. The summed E-state index contributed by atoms with van der Waals surface area (Å²) in [7, 11) is 3.00. The highest BCUT2D eigenvalue weighted by Gasteiger charge is 2.13. The summed E-state index contributed by atoms with van der Waals surface area (Å²) in [6.45, 7) is 0. The van der Waals surface area contributed by atoms with E-state index >= 15 is 0 Å². The van der Waals surface area contributed by atoms with Crippen molar-refractivity contribution < 1.29 is 28.9 Å². The summed E-state index contributed by atoms with van der Waals surface area (Å²) in [6, 6.07) is 17.2. The van der Waals surface area contributed by atoms with E-state index in [1.807, 2.05) is 0 Å². The SMILES string of the molecule is COc1ccc(C(=O)Oc2ccc(C=NNC(=O)c3ccc(O)cc3)cc2OC)cc1. The second-order valence-corrected chi connectivity index (χ2v) is 6.27. The molecule has 0 aliphatic heterocycles. The quantitative estimate of drug-likeness (QED) is 0.263. The number of methoxy groups -OCH3 is 2. The third kappa shape index (κ3) is 5.60. The van der Waals surface area contributed by atoms with Crippen LogP contribution in [0, 0.1) is 0 Å². The molecule has 0 unspecified atom stereocenters. The van der Waals surface area contributed by atoms with E-state index in [1.54, 1.807) is 49.6 Å². The normalized spacial score (nSPS) is 10.5. The molecule has 0 aromatic heterocycles. The van der Waals surface area contributed by atoms with Crippen molar-refractivity contribution in [1.29, 1.82) is 0 Å². The topological polar surface area (TPSA) is 106 Å². The lowest BCUT2D eigenvalue weighted by atomic mass is 10.2. The number of carbonyl (C=O) groups excluding carboxylic acids is 2. The maximum absolute atomic E-state index is 12.4. The van der Waals surface area contributed by atoms with Crippen LogP contribution in [0.15, 0.2) is 71.8 Å². The van der Waals surface area contributed by atoms with Gasteiger partial charge in [-0.15, -0.1) is 0 Å². The van der Waals surface area contributed by atoms with Gasteiger partial charge in [-0.05, 0) is 72.3 Å². The van der Waals surface area contributed by atoms with Gasteiger partial charge in [0.05, 0.1) is 26.0 Å². The van der Waals surface area contributed by atoms with Crippen molar-refractivity contribution in [3.05, 3.63) is 83.4 Å². The lowest BCUT2D eigenvalue weighted by molar-refractivity contribution is 0.0729. The largest absolute Gasteiger partial charge is 0.508 e. The summed E-state index contributed by atoms with van der Waals surface area (Å²) in [6.07, 6.45) is 1.43. The van der Waals surface area contributed by atoms with Crippen molar-refractivity contribution in [2.24, 2.45) is 5.10 Å². The van der Waals surface area contributed by atoms with Crippen LogP contribution in [-0.2, 0) is 0 Å². The Labute approximate surface area is 178 Å². The zero-order valence-electron chi connectivity index (χ0n) is 16.9. The average molecular weight is 420 g/mol. The van der Waals surface area contributed by atoms with Crippen LogP contribution in [0.5, 0.6) is 23.0 Å². The van der Waals surface area contributed by atoms with Crippen LogP contribution in [0.4, 0.5) is 0 Å². The van der Waals surface area contributed by atoms with Crippen molar-refractivity contribution in [3.8, 4) is 23.0 Å². The van der Waals surface area contributed by atoms with Gasteiger partial charge in [-0.2, -0.15) is 5.10 Å². The van der Waals surface area contributed by atoms with E-state index in [-0.39, 0.29) is 11.5 Å². The first kappa shape index (κ1) is 21.4. The van der Waals surface area contributed by atoms with Gasteiger partial charge in [-0.25, -0.2) is 10.2 Å². The molecule has 0 saturated carbocycles. The molecule has 0 saturated heterocycles. The number of nitrogens with one attached hydrogen (secondary N) is 1. The maximum atomic E-state index is 12.4. The first-order valence-electron chi connectivity index (χ1n) is 9.17. The number of ether oxygens (including phenoxy) is 3. The standard InChI is InChI=1S/C23H20N2O6/c1-29-19-10-6-17(7-11-19)23(28)31-20-12-3-15(13-21(20)30-2)14-24-25-22(27)16-4-8-18(26)9-5-16/h3-14,26H,1-2H3,(H,25,27). The molecule has 3 rings (SSSR count). The second-order valence-electron chi connectivity index (χ2n) is 6.27. The summed E-state index contributed by atoms with van der Waals surface area (Å²) < 4.78 is 15.8. The molecule has 0 aliphatic carbocycles. The molecular formula is C23H20N2O6. The molecule has 0 radical (unpaired) electrons. The minimum absolute atomic E-state index is 0.0694. The zero-order valence-corrected chi connectivity index (χ0v) is 16.9. The number of aromatic hydroxyl groups is 1. The third-order valence-corrected chi connectivity index (χ3v) is 4.23. The van der Waals surface area contributed by atoms with E-state index in [4.69, 9.17) is 14.2 Å². The van der Waals surface area contributed by atoms with Crippen LogP contribution in [0.2, 0.25) is 0 Å². The van der Waals surface area contributed by atoms with E-state index < -0.39 is 11.9 Å². The number of phenols is 1. The molecule has 0 bridgehead atoms. The highest BCUT2D eigenvalue weighted by molar-refractivity contribution is 5.95. The Morgan fingerprint density at radius 1 is 0.871 bits per heavy atom. The predicted molar refractivity (Wildman–Crippen MR) is 114 cm³/mol. The Hall–Kier alpha value is -4.33. The predicted octanol–water partition coefficient (Wildman–Crippen LogP) is 3.39. The molecule has 0 spiro atoms. The number of phenolic OH excluding ortho intramolecular Hbond substituents is 1. The van der Waals surface area contributed by atoms with Gasteiger partial charge in [0, 0.05) is 5.56 Å². The van der Waals surface area contributed by atoms with E-state index in [0.29, 0.717) is 28.2 Å². The van der Waals surface area contributed by atoms with E-state index in [1.165, 1.54) is 37.6 Å². The van der Waals surface area contributed by atoms with Crippen molar-refractivity contribution in [3.63, 3.8) is 0 Å². The van der Waals surface area contributed by atoms with Crippen LogP contribution in [0.3, 0.4) is 0 Å². The maximum Gasteiger partial charge on any atom is 0.343 e. The number of esters is 1. The molecule has 8 heteroatoms. The van der Waals surface area contributed by atoms with Gasteiger partial charge in [-0.1, -0.05) is 0 Å². The number of carbonyl (C=O) groups is 2. The van der Waals surface area contributed by atoms with Crippen LogP contribution in [0.1, 0.15) is 26.3 Å². The minimum Gasteiger partial charge on any atom is -0.508 e. The molecule has 31 heavy (non-hydrogen) atoms. The Morgan fingerprint density at radius 2 is 1.55 bits per heavy atom. The summed E-state index contributed by atoms with van der Waals surface area (Å²) in [4.78, 5) is 24.4. The van der Waals surface area contributed by atoms with Crippen LogP contribution in [0.25, 0.3) is 0 Å². The summed E-state index contributed by atoms with van der Waals surface area (Å²) in [5.74, 6) is 0.316. The Morgan fingerprint density at radius 3 is 2.19 bits per heavy atom. The molecule has 3 aromatic carbocycles. The Bertz CT molecular complexity index is 1090. The lowest BCUT2D eigenvalue weighted by Crippen LogP contribution is -2.17. The van der Waals surface area contributed by atoms with Gasteiger partial charge in [-0.3, -0.25) is 4.79 Å². The molecule has 3 aromatic rings. The number of rotatable bonds is 7. The van der Waals surface area contributed by atoms with Gasteiger partial charge in [0.25, 0.3) is 5.91 Å². The monoisotopic (exact) mass is 420 g/mol. The van der Waals surface area contributed by atoms with E-state index in [0.717, 1.165) is 0 Å². The van der Waals surface area contributed by atoms with Crippen molar-refractivity contribution >= 4 is 18.1 Å². The van der Waals surface area contributed by atoms with Crippen LogP contribution in [-0.4, -0.2) is 37.4 Å². The van der Waals surface area contributed by atoms with Gasteiger partial charge >= 0.3 is 5.97 Å². The molecule has 158 valence electrons. The third-order valence-electron chi connectivity index (χ3n) is 4.23. The first-order valence-corrected chi connectivity index (χ1v) is 9.17. The molecule has 0 aliphatic rings. The summed E-state index contributed by atoms with van der Waals surface area (Å²) >= 11 is 0. The first-order chi connectivity index (χ1) is 15.0. The van der Waals surface area contributed by atoms with Crippen LogP contribution < -0.4 is 19.6 Å². The second kappa shape index (κ2) is 9.93. The molecular weight excluding hydrogens is 400 g/mol. The average Bonchev–Trinajstić information content (AvgIpc) is 2.80. The molecule has 0 fully saturated rings. The van der Waals surface area contributed by atoms with Gasteiger partial charge in [0.1, 0.15) is 11.5 Å². The summed E-state index contributed by atoms with van der Waals surface area (Å²) in [5.41, 5.74) is 3.73. The van der Waals surface area contributed by atoms with Gasteiger partial charge in [0.2, 0.25) is 0 Å². The smallest absolute Gasteiger partial charge is 0.343 e. The van der Waals surface area contributed by atoms with Crippen molar-refractivity contribution in [1.82, 2.24) is 5.43 Å². The highest BCUT2D eigenvalue weighted by Crippen LogP contribution is 2.28. The van der Waals surface area contributed by atoms with E-state index in [2.05, 4.69) is 10.5 Å². The Balaban J connectivity index is 1.66. The molecule has 1 amide bonds. The number of hydrogen-bond acceptors (Lipinski definition) is 7. The number of nitrogens with zero attached hydrogens (tertiary/aromatic N) is 1. The highest BCUT2D eigenvalue weighted by atomic mass is 16.6. The number of benzene rings is 3. The molecule has 8 nitrogen and oxygen atoms in total. The van der Waals surface area contributed by atoms with Crippen molar-refractivity contribution in [2.45, 2.75) is 0 Å². The van der Waals surface area contributed by atoms with Gasteiger partial charge < -0.3 is 19.3 Å². The molecule has 0 atom stereocenters. The molecule has 0 heterocycles.